The Morgan fingerprint density at radius 3 is 2.59 bits per heavy atom. The molecule has 134 valence electrons. The maximum absolute atomic E-state index is 5.73. The molecule has 27 heavy (non-hydrogen) atoms. The van der Waals surface area contributed by atoms with Gasteiger partial charge in [-0.25, -0.2) is 0 Å². The molecule has 0 atom stereocenters. The zero-order valence-corrected chi connectivity index (χ0v) is 16.3. The molecule has 0 saturated heterocycles. The molecule has 3 nitrogen and oxygen atoms in total. The molecule has 4 rings (SSSR count). The Labute approximate surface area is 166 Å². The van der Waals surface area contributed by atoms with Crippen LogP contribution in [0.5, 0.6) is 0 Å². The van der Waals surface area contributed by atoms with Crippen molar-refractivity contribution in [1.29, 1.82) is 0 Å². The first kappa shape index (κ1) is 17.8. The van der Waals surface area contributed by atoms with E-state index in [9.17, 15) is 0 Å². The summed E-state index contributed by atoms with van der Waals surface area (Å²) in [4.78, 5) is 12.6. The maximum atomic E-state index is 5.73. The van der Waals surface area contributed by atoms with Gasteiger partial charge in [0.15, 0.2) is 0 Å². The summed E-state index contributed by atoms with van der Waals surface area (Å²) in [6, 6.07) is 21.1. The molecule has 0 amide bonds. The maximum Gasteiger partial charge on any atom is 0.0819 e. The fourth-order valence-corrected chi connectivity index (χ4v) is 4.77. The van der Waals surface area contributed by atoms with Crippen LogP contribution in [0.2, 0.25) is 0 Å². The Morgan fingerprint density at radius 2 is 1.81 bits per heavy atom. The van der Waals surface area contributed by atoms with Crippen LogP contribution in [0.4, 0.5) is 0 Å². The van der Waals surface area contributed by atoms with Gasteiger partial charge in [0, 0.05) is 34.3 Å². The Morgan fingerprint density at radius 1 is 0.926 bits per heavy atom. The molecular weight excluding hydrogens is 370 g/mol. The van der Waals surface area contributed by atoms with Gasteiger partial charge in [0.1, 0.15) is 0 Å². The number of thiophene rings is 2. The summed E-state index contributed by atoms with van der Waals surface area (Å²) in [6.07, 6.45) is 3.63. The van der Waals surface area contributed by atoms with E-state index in [0.29, 0.717) is 13.1 Å². The largest absolute Gasteiger partial charge is 0.329 e. The Kier molecular flexibility index (Phi) is 5.53. The first-order chi connectivity index (χ1) is 13.3. The van der Waals surface area contributed by atoms with Gasteiger partial charge in [-0.3, -0.25) is 9.98 Å². The molecule has 0 aliphatic rings. The lowest BCUT2D eigenvalue weighted by molar-refractivity contribution is 0.976. The van der Waals surface area contributed by atoms with Crippen LogP contribution in [0.15, 0.2) is 83.4 Å². The van der Waals surface area contributed by atoms with E-state index in [1.165, 1.54) is 14.6 Å². The van der Waals surface area contributed by atoms with Crippen LogP contribution in [0.3, 0.4) is 0 Å². The second-order valence-electron chi connectivity index (χ2n) is 5.98. The molecule has 0 radical (unpaired) electrons. The normalized spacial score (nSPS) is 11.7. The fourth-order valence-electron chi connectivity index (χ4n) is 2.89. The van der Waals surface area contributed by atoms with E-state index in [1.807, 2.05) is 24.5 Å². The highest BCUT2D eigenvalue weighted by Crippen LogP contribution is 2.33. The van der Waals surface area contributed by atoms with Crippen molar-refractivity contribution in [2.45, 2.75) is 0 Å². The van der Waals surface area contributed by atoms with Gasteiger partial charge < -0.3 is 5.73 Å². The number of benzene rings is 1. The summed E-state index contributed by atoms with van der Waals surface area (Å²) in [7, 11) is 0. The van der Waals surface area contributed by atoms with Gasteiger partial charge in [-0.05, 0) is 52.9 Å². The lowest BCUT2D eigenvalue weighted by Gasteiger charge is -2.08. The molecule has 0 saturated carbocycles. The summed E-state index contributed by atoms with van der Waals surface area (Å²) in [6.45, 7) is 1.15. The highest BCUT2D eigenvalue weighted by Gasteiger charge is 2.12. The number of hydrogen-bond donors (Lipinski definition) is 1. The zero-order valence-electron chi connectivity index (χ0n) is 14.7. The van der Waals surface area contributed by atoms with E-state index < -0.39 is 0 Å². The number of hydrogen-bond acceptors (Lipinski definition) is 5. The van der Waals surface area contributed by atoms with Crippen molar-refractivity contribution in [1.82, 2.24) is 4.98 Å². The first-order valence-corrected chi connectivity index (χ1v) is 10.4. The third kappa shape index (κ3) is 4.06. The van der Waals surface area contributed by atoms with Crippen LogP contribution in [0.1, 0.15) is 10.4 Å². The van der Waals surface area contributed by atoms with Crippen LogP contribution in [-0.4, -0.2) is 23.8 Å². The predicted octanol–water partition coefficient (Wildman–Crippen LogP) is 5.33. The Hall–Kier alpha value is -2.60. The number of nitrogens with zero attached hydrogens (tertiary/aromatic N) is 2. The van der Waals surface area contributed by atoms with Crippen molar-refractivity contribution < 1.29 is 0 Å². The SMILES string of the molecule is NCCN=C(c1cccc(-c2ccncc2)c1)c1ccc(-c2cccs2)s1. The molecule has 0 unspecified atom stereocenters. The van der Waals surface area contributed by atoms with E-state index in [2.05, 4.69) is 58.9 Å². The van der Waals surface area contributed by atoms with Crippen molar-refractivity contribution in [3.05, 3.63) is 88.9 Å². The smallest absolute Gasteiger partial charge is 0.0819 e. The molecule has 2 N–H and O–H groups in total. The first-order valence-electron chi connectivity index (χ1n) is 8.74. The van der Waals surface area contributed by atoms with E-state index in [-0.39, 0.29) is 0 Å². The van der Waals surface area contributed by atoms with Gasteiger partial charge in [0.25, 0.3) is 0 Å². The molecule has 3 heterocycles. The highest BCUT2D eigenvalue weighted by atomic mass is 32.1. The van der Waals surface area contributed by atoms with E-state index in [0.717, 1.165) is 22.4 Å². The highest BCUT2D eigenvalue weighted by molar-refractivity contribution is 7.22. The van der Waals surface area contributed by atoms with Gasteiger partial charge in [0.2, 0.25) is 0 Å². The summed E-state index contributed by atoms with van der Waals surface area (Å²) < 4.78 is 0. The third-order valence-corrected chi connectivity index (χ3v) is 6.31. The minimum atomic E-state index is 0.538. The van der Waals surface area contributed by atoms with Crippen molar-refractivity contribution in [2.24, 2.45) is 10.7 Å². The predicted molar refractivity (Wildman–Crippen MR) is 117 cm³/mol. The average molecular weight is 390 g/mol. The van der Waals surface area contributed by atoms with Crippen molar-refractivity contribution in [2.75, 3.05) is 13.1 Å². The lowest BCUT2D eigenvalue weighted by atomic mass is 10.0. The van der Waals surface area contributed by atoms with Gasteiger partial charge in [0.05, 0.1) is 17.1 Å². The molecule has 1 aromatic carbocycles. The summed E-state index contributed by atoms with van der Waals surface area (Å²) in [5.74, 6) is 0. The lowest BCUT2D eigenvalue weighted by Crippen LogP contribution is -2.08. The van der Waals surface area contributed by atoms with Gasteiger partial charge in [-0.15, -0.1) is 22.7 Å². The van der Waals surface area contributed by atoms with Crippen molar-refractivity contribution in [3.63, 3.8) is 0 Å². The fraction of sp³-hybridized carbons (Fsp3) is 0.0909. The summed E-state index contributed by atoms with van der Waals surface area (Å²) >= 11 is 3.53. The van der Waals surface area contributed by atoms with E-state index in [4.69, 9.17) is 10.7 Å². The van der Waals surface area contributed by atoms with E-state index >= 15 is 0 Å². The molecule has 0 fully saturated rings. The second-order valence-corrected chi connectivity index (χ2v) is 8.01. The molecule has 3 aromatic heterocycles. The van der Waals surface area contributed by atoms with E-state index in [1.54, 1.807) is 22.7 Å². The van der Waals surface area contributed by atoms with Crippen LogP contribution >= 0.6 is 22.7 Å². The van der Waals surface area contributed by atoms with Crippen LogP contribution in [0.25, 0.3) is 20.9 Å². The van der Waals surface area contributed by atoms with Gasteiger partial charge in [-0.2, -0.15) is 0 Å². The van der Waals surface area contributed by atoms with Crippen molar-refractivity contribution >= 4 is 28.4 Å². The number of aliphatic imine (C=N–C) groups is 1. The summed E-state index contributed by atoms with van der Waals surface area (Å²) in [5.41, 5.74) is 10.1. The molecule has 0 spiro atoms. The standard InChI is InChI=1S/C22H19N3S2/c23-10-13-25-22(21-7-6-20(27-21)19-5-2-14-26-19)18-4-1-3-17(15-18)16-8-11-24-12-9-16/h1-9,11-12,14-15H,10,13,23H2. The Bertz CT molecular complexity index is 1030. The third-order valence-electron chi connectivity index (χ3n) is 4.15. The minimum absolute atomic E-state index is 0.538. The quantitative estimate of drug-likeness (QED) is 0.453. The number of rotatable bonds is 6. The zero-order chi connectivity index (χ0) is 18.5. The Balaban J connectivity index is 1.73. The number of pyridine rings is 1. The van der Waals surface area contributed by atoms with Crippen LogP contribution in [-0.2, 0) is 0 Å². The molecule has 4 aromatic rings. The monoisotopic (exact) mass is 389 g/mol. The van der Waals surface area contributed by atoms with Gasteiger partial charge in [-0.1, -0.05) is 24.3 Å². The minimum Gasteiger partial charge on any atom is -0.329 e. The molecule has 0 aliphatic carbocycles. The number of aromatic nitrogens is 1. The van der Waals surface area contributed by atoms with Crippen molar-refractivity contribution in [3.8, 4) is 20.9 Å². The second kappa shape index (κ2) is 8.39. The van der Waals surface area contributed by atoms with Crippen LogP contribution < -0.4 is 5.73 Å². The number of nitrogens with two attached hydrogens (primary N) is 1. The van der Waals surface area contributed by atoms with Gasteiger partial charge >= 0.3 is 0 Å². The van der Waals surface area contributed by atoms with Crippen LogP contribution in [0, 0.1) is 0 Å². The molecular formula is C22H19N3S2. The average Bonchev–Trinajstić information content (AvgIpc) is 3.41. The molecule has 0 aliphatic heterocycles. The summed E-state index contributed by atoms with van der Waals surface area (Å²) in [5, 5.41) is 2.11. The topological polar surface area (TPSA) is 51.3 Å². The molecule has 5 heteroatoms. The molecule has 0 bridgehead atoms.